The predicted molar refractivity (Wildman–Crippen MR) is 117 cm³/mol. The molecule has 2 amide bonds. The highest BCUT2D eigenvalue weighted by molar-refractivity contribution is 6.00. The number of methoxy groups -OCH3 is 2. The van der Waals surface area contributed by atoms with Crippen molar-refractivity contribution in [3.63, 3.8) is 0 Å². The molecule has 2 aromatic carbocycles. The van der Waals surface area contributed by atoms with Crippen molar-refractivity contribution in [3.05, 3.63) is 59.4 Å². The van der Waals surface area contributed by atoms with E-state index in [1.165, 1.54) is 31.3 Å². The summed E-state index contributed by atoms with van der Waals surface area (Å²) in [6.07, 6.45) is 0.430. The number of benzene rings is 2. The van der Waals surface area contributed by atoms with Crippen LogP contribution in [-0.4, -0.2) is 78.4 Å². The first-order valence-corrected chi connectivity index (χ1v) is 10.8. The van der Waals surface area contributed by atoms with Crippen LogP contribution < -0.4 is 9.47 Å². The van der Waals surface area contributed by atoms with E-state index in [1.54, 1.807) is 23.1 Å². The minimum absolute atomic E-state index is 0.162. The van der Waals surface area contributed by atoms with Crippen LogP contribution >= 0.6 is 0 Å². The van der Waals surface area contributed by atoms with Crippen molar-refractivity contribution in [2.24, 2.45) is 0 Å². The zero-order chi connectivity index (χ0) is 24.5. The number of piperidine rings is 1. The first-order chi connectivity index (χ1) is 16.3. The van der Waals surface area contributed by atoms with Gasteiger partial charge in [0.2, 0.25) is 0 Å². The van der Waals surface area contributed by atoms with Crippen molar-refractivity contribution >= 4 is 17.8 Å². The van der Waals surface area contributed by atoms with Crippen molar-refractivity contribution in [2.75, 3.05) is 33.9 Å². The van der Waals surface area contributed by atoms with Crippen LogP contribution in [0.3, 0.4) is 0 Å². The van der Waals surface area contributed by atoms with Gasteiger partial charge < -0.3 is 24.2 Å². The summed E-state index contributed by atoms with van der Waals surface area (Å²) in [5.74, 6) is -1.80. The Labute approximate surface area is 195 Å². The molecule has 2 aromatic rings. The van der Waals surface area contributed by atoms with E-state index in [0.717, 1.165) is 12.1 Å². The first-order valence-electron chi connectivity index (χ1n) is 10.8. The number of amides is 2. The smallest absolute Gasteiger partial charge is 0.328 e. The summed E-state index contributed by atoms with van der Waals surface area (Å²) >= 11 is 0. The lowest BCUT2D eigenvalue weighted by Crippen LogP contribution is -2.58. The van der Waals surface area contributed by atoms with Gasteiger partial charge in [-0.1, -0.05) is 6.07 Å². The molecule has 34 heavy (non-hydrogen) atoms. The molecule has 0 radical (unpaired) electrons. The highest BCUT2D eigenvalue weighted by Crippen LogP contribution is 2.39. The molecule has 0 aliphatic carbocycles. The Bertz CT molecular complexity index is 1070. The quantitative estimate of drug-likeness (QED) is 0.712. The normalized spacial score (nSPS) is 19.2. The zero-order valence-electron chi connectivity index (χ0n) is 18.8. The molecule has 9 nitrogen and oxygen atoms in total. The second-order valence-corrected chi connectivity index (χ2v) is 8.12. The van der Waals surface area contributed by atoms with Gasteiger partial charge in [-0.2, -0.15) is 0 Å². The molecule has 2 aliphatic heterocycles. The van der Waals surface area contributed by atoms with E-state index >= 15 is 0 Å². The van der Waals surface area contributed by atoms with E-state index < -0.39 is 29.5 Å². The molecule has 2 saturated heterocycles. The fourth-order valence-corrected chi connectivity index (χ4v) is 4.57. The van der Waals surface area contributed by atoms with Crippen molar-refractivity contribution in [2.45, 2.75) is 24.6 Å². The number of aliphatic carboxylic acids is 1. The van der Waals surface area contributed by atoms with Crippen LogP contribution in [0.1, 0.15) is 33.6 Å². The van der Waals surface area contributed by atoms with Crippen molar-refractivity contribution < 1.29 is 38.1 Å². The monoisotopic (exact) mass is 472 g/mol. The summed E-state index contributed by atoms with van der Waals surface area (Å²) in [6.45, 7) is 0.274. The summed E-state index contributed by atoms with van der Waals surface area (Å²) in [5, 5.41) is 9.72. The molecule has 1 spiro atoms. The number of likely N-dealkylation sites (tertiary alicyclic amines) is 1. The van der Waals surface area contributed by atoms with Crippen LogP contribution in [0, 0.1) is 5.82 Å². The van der Waals surface area contributed by atoms with Gasteiger partial charge in [0.15, 0.2) is 6.04 Å². The van der Waals surface area contributed by atoms with Gasteiger partial charge in [-0.15, -0.1) is 0 Å². The van der Waals surface area contributed by atoms with Crippen LogP contribution in [0.2, 0.25) is 0 Å². The third kappa shape index (κ3) is 4.05. The molecule has 2 heterocycles. The van der Waals surface area contributed by atoms with Crippen LogP contribution in [0.25, 0.3) is 0 Å². The lowest BCUT2D eigenvalue weighted by Gasteiger charge is -2.44. The van der Waals surface area contributed by atoms with E-state index in [2.05, 4.69) is 0 Å². The number of hydrogen-bond acceptors (Lipinski definition) is 6. The average Bonchev–Trinajstić information content (AvgIpc) is 3.22. The predicted octanol–water partition coefficient (Wildman–Crippen LogP) is 2.40. The Hall–Kier alpha value is -3.66. The molecule has 0 aromatic heterocycles. The molecule has 0 saturated carbocycles. The minimum atomic E-state index is -1.19. The Morgan fingerprint density at radius 3 is 2.12 bits per heavy atom. The molecule has 2 aliphatic rings. The first kappa shape index (κ1) is 23.5. The van der Waals surface area contributed by atoms with E-state index in [-0.39, 0.29) is 44.0 Å². The van der Waals surface area contributed by atoms with E-state index in [0.29, 0.717) is 17.1 Å². The molecule has 1 unspecified atom stereocenters. The van der Waals surface area contributed by atoms with Gasteiger partial charge in [0, 0.05) is 31.5 Å². The number of halogens is 1. The van der Waals surface area contributed by atoms with Gasteiger partial charge in [-0.05, 0) is 36.4 Å². The molecule has 180 valence electrons. The highest BCUT2D eigenvalue weighted by atomic mass is 19.1. The van der Waals surface area contributed by atoms with Gasteiger partial charge in [0.1, 0.15) is 28.6 Å². The molecule has 4 rings (SSSR count). The summed E-state index contributed by atoms with van der Waals surface area (Å²) in [7, 11) is 2.93. The number of ether oxygens (including phenoxy) is 3. The van der Waals surface area contributed by atoms with Gasteiger partial charge in [0.25, 0.3) is 11.8 Å². The molecule has 0 bridgehead atoms. The molecule has 1 N–H and O–H groups in total. The fraction of sp³-hybridized carbons (Fsp3) is 0.375. The summed E-state index contributed by atoms with van der Waals surface area (Å²) in [4.78, 5) is 41.3. The van der Waals surface area contributed by atoms with E-state index in [9.17, 15) is 23.9 Å². The maximum absolute atomic E-state index is 13.3. The molecule has 10 heteroatoms. The second-order valence-electron chi connectivity index (χ2n) is 8.12. The number of carbonyl (C=O) groups excluding carboxylic acids is 2. The molecule has 1 atom stereocenters. The largest absolute Gasteiger partial charge is 0.496 e. The Kier molecular flexibility index (Phi) is 6.43. The Morgan fingerprint density at radius 1 is 1.00 bits per heavy atom. The number of carboxylic acid groups (broad SMARTS) is 1. The number of rotatable bonds is 5. The van der Waals surface area contributed by atoms with Crippen molar-refractivity contribution in [3.8, 4) is 11.5 Å². The summed E-state index contributed by atoms with van der Waals surface area (Å²) in [5.41, 5.74) is -0.732. The van der Waals surface area contributed by atoms with Crippen LogP contribution in [-0.2, 0) is 9.53 Å². The summed E-state index contributed by atoms with van der Waals surface area (Å²) < 4.78 is 30.0. The zero-order valence-corrected chi connectivity index (χ0v) is 18.8. The third-order valence-electron chi connectivity index (χ3n) is 6.33. The number of hydrogen-bond donors (Lipinski definition) is 1. The topological polar surface area (TPSA) is 106 Å². The third-order valence-corrected chi connectivity index (χ3v) is 6.33. The van der Waals surface area contributed by atoms with Crippen LogP contribution in [0.5, 0.6) is 11.5 Å². The van der Waals surface area contributed by atoms with E-state index in [4.69, 9.17) is 14.2 Å². The minimum Gasteiger partial charge on any atom is -0.496 e. The maximum atomic E-state index is 13.3. The highest BCUT2D eigenvalue weighted by Gasteiger charge is 2.54. The fourth-order valence-electron chi connectivity index (χ4n) is 4.57. The van der Waals surface area contributed by atoms with Crippen LogP contribution in [0.4, 0.5) is 4.39 Å². The average molecular weight is 472 g/mol. The molecule has 2 fully saturated rings. The van der Waals surface area contributed by atoms with Crippen molar-refractivity contribution in [1.82, 2.24) is 9.80 Å². The van der Waals surface area contributed by atoms with Gasteiger partial charge in [0.05, 0.1) is 20.8 Å². The van der Waals surface area contributed by atoms with Gasteiger partial charge >= 0.3 is 5.97 Å². The SMILES string of the molecule is COc1cccc(OC)c1C(=O)N1CCC2(CC1)OCC(C(=O)O)N2C(=O)c1ccc(F)cc1. The molecular weight excluding hydrogens is 447 g/mol. The lowest BCUT2D eigenvalue weighted by molar-refractivity contribution is -0.143. The van der Waals surface area contributed by atoms with E-state index in [1.807, 2.05) is 0 Å². The molecular formula is C24H25FN2O7. The summed E-state index contributed by atoms with van der Waals surface area (Å²) in [6, 6.07) is 8.79. The Morgan fingerprint density at radius 2 is 1.59 bits per heavy atom. The lowest BCUT2D eigenvalue weighted by atomic mass is 9.96. The number of carbonyl (C=O) groups is 3. The standard InChI is InChI=1S/C24H25FN2O7/c1-32-18-4-3-5-19(33-2)20(18)22(29)26-12-10-24(11-13-26)27(17(14-34-24)23(30)31)21(28)15-6-8-16(25)9-7-15/h3-9,17H,10-14H2,1-2H3,(H,30,31). The van der Waals surface area contributed by atoms with Gasteiger partial charge in [-0.25, -0.2) is 9.18 Å². The Balaban J connectivity index is 1.58. The van der Waals surface area contributed by atoms with Crippen molar-refractivity contribution in [1.29, 1.82) is 0 Å². The second kappa shape index (κ2) is 9.30. The number of carboxylic acids is 1. The number of nitrogens with zero attached hydrogens (tertiary/aromatic N) is 2. The van der Waals surface area contributed by atoms with Gasteiger partial charge in [-0.3, -0.25) is 14.5 Å². The van der Waals surface area contributed by atoms with Crippen LogP contribution in [0.15, 0.2) is 42.5 Å². The maximum Gasteiger partial charge on any atom is 0.328 e.